The lowest BCUT2D eigenvalue weighted by Crippen LogP contribution is -2.08. The van der Waals surface area contributed by atoms with Gasteiger partial charge in [0, 0.05) is 16.5 Å². The second-order valence-electron chi connectivity index (χ2n) is 3.84. The molecular weight excluding hydrogens is 286 g/mol. The molecule has 1 aliphatic rings. The minimum absolute atomic E-state index is 0.0373. The van der Waals surface area contributed by atoms with Gasteiger partial charge in [0.05, 0.1) is 6.04 Å². The summed E-state index contributed by atoms with van der Waals surface area (Å²) >= 11 is 3.36. The Morgan fingerprint density at radius 1 is 1.47 bits per heavy atom. The second kappa shape index (κ2) is 5.31. The highest BCUT2D eigenvalue weighted by Gasteiger charge is 2.20. The number of aliphatic carboxylic acids is 1. The Morgan fingerprint density at radius 3 is 2.82 bits per heavy atom. The number of carbonyl (C=O) groups is 1. The molecule has 5 heteroatoms. The molecule has 0 amide bonds. The molecular formula is C12H12BrNO3. The van der Waals surface area contributed by atoms with Crippen molar-refractivity contribution in [1.82, 2.24) is 0 Å². The molecule has 1 aliphatic heterocycles. The van der Waals surface area contributed by atoms with Gasteiger partial charge in [-0.1, -0.05) is 15.9 Å². The third kappa shape index (κ3) is 3.30. The van der Waals surface area contributed by atoms with Gasteiger partial charge in [-0.15, -0.1) is 0 Å². The average Bonchev–Trinajstić information content (AvgIpc) is 2.76. The fourth-order valence-electron chi connectivity index (χ4n) is 1.60. The number of aliphatic imine (C=N–C) groups is 1. The molecule has 2 rings (SSSR count). The zero-order valence-corrected chi connectivity index (χ0v) is 10.7. The van der Waals surface area contributed by atoms with Crippen LogP contribution in [0.3, 0.4) is 0 Å². The highest BCUT2D eigenvalue weighted by molar-refractivity contribution is 9.10. The van der Waals surface area contributed by atoms with Crippen molar-refractivity contribution in [3.63, 3.8) is 0 Å². The number of hydrogen-bond donors (Lipinski definition) is 1. The number of halogens is 1. The first-order valence-electron chi connectivity index (χ1n) is 5.33. The standard InChI is InChI=1S/C12H12BrNO3/c13-9-3-1-8(2-4-9)12-14-10(7-17-12)5-6-11(15)16/h1-4,10H,5-7H2,(H,15,16). The summed E-state index contributed by atoms with van der Waals surface area (Å²) in [4.78, 5) is 14.8. The van der Waals surface area contributed by atoms with Gasteiger partial charge in [0.15, 0.2) is 0 Å². The molecule has 0 spiro atoms. The van der Waals surface area contributed by atoms with Crippen molar-refractivity contribution in [2.75, 3.05) is 6.61 Å². The van der Waals surface area contributed by atoms with E-state index in [1.54, 1.807) is 0 Å². The van der Waals surface area contributed by atoms with Gasteiger partial charge in [-0.25, -0.2) is 4.99 Å². The number of carboxylic acids is 1. The molecule has 1 heterocycles. The predicted molar refractivity (Wildman–Crippen MR) is 67.3 cm³/mol. The van der Waals surface area contributed by atoms with Crippen LogP contribution in [0.15, 0.2) is 33.7 Å². The van der Waals surface area contributed by atoms with Crippen LogP contribution in [-0.2, 0) is 9.53 Å². The Morgan fingerprint density at radius 2 is 2.18 bits per heavy atom. The molecule has 0 saturated carbocycles. The van der Waals surface area contributed by atoms with Gasteiger partial charge in [0.1, 0.15) is 6.61 Å². The number of hydrogen-bond acceptors (Lipinski definition) is 3. The molecule has 1 aromatic carbocycles. The zero-order valence-electron chi connectivity index (χ0n) is 9.10. The van der Waals surface area contributed by atoms with Crippen LogP contribution in [-0.4, -0.2) is 29.6 Å². The van der Waals surface area contributed by atoms with E-state index in [0.29, 0.717) is 18.9 Å². The van der Waals surface area contributed by atoms with E-state index in [-0.39, 0.29) is 12.5 Å². The Labute approximate surface area is 107 Å². The number of carboxylic acid groups (broad SMARTS) is 1. The van der Waals surface area contributed by atoms with Crippen LogP contribution >= 0.6 is 15.9 Å². The van der Waals surface area contributed by atoms with E-state index in [4.69, 9.17) is 9.84 Å². The summed E-state index contributed by atoms with van der Waals surface area (Å²) < 4.78 is 6.47. The lowest BCUT2D eigenvalue weighted by molar-refractivity contribution is -0.137. The topological polar surface area (TPSA) is 58.9 Å². The Bertz CT molecular complexity index is 442. The SMILES string of the molecule is O=C(O)CCC1COC(c2ccc(Br)cc2)=N1. The number of ether oxygens (including phenoxy) is 1. The van der Waals surface area contributed by atoms with Crippen molar-refractivity contribution < 1.29 is 14.6 Å². The molecule has 1 N–H and O–H groups in total. The zero-order chi connectivity index (χ0) is 12.3. The lowest BCUT2D eigenvalue weighted by Gasteiger charge is -2.01. The fourth-order valence-corrected chi connectivity index (χ4v) is 1.87. The molecule has 4 nitrogen and oxygen atoms in total. The Hall–Kier alpha value is -1.36. The predicted octanol–water partition coefficient (Wildman–Crippen LogP) is 2.46. The molecule has 1 unspecified atom stereocenters. The first-order valence-corrected chi connectivity index (χ1v) is 6.13. The van der Waals surface area contributed by atoms with Crippen molar-refractivity contribution in [1.29, 1.82) is 0 Å². The van der Waals surface area contributed by atoms with Crippen LogP contribution in [0.4, 0.5) is 0 Å². The molecule has 0 aromatic heterocycles. The third-order valence-electron chi connectivity index (χ3n) is 2.49. The maximum absolute atomic E-state index is 10.5. The largest absolute Gasteiger partial charge is 0.481 e. The first-order chi connectivity index (χ1) is 8.15. The van der Waals surface area contributed by atoms with Crippen molar-refractivity contribution >= 4 is 27.8 Å². The minimum Gasteiger partial charge on any atom is -0.481 e. The van der Waals surface area contributed by atoms with Gasteiger partial charge < -0.3 is 9.84 Å². The summed E-state index contributed by atoms with van der Waals surface area (Å²) in [6.07, 6.45) is 0.653. The number of nitrogens with zero attached hydrogens (tertiary/aromatic N) is 1. The average molecular weight is 298 g/mol. The third-order valence-corrected chi connectivity index (χ3v) is 3.02. The van der Waals surface area contributed by atoms with Gasteiger partial charge in [0.2, 0.25) is 5.90 Å². The maximum atomic E-state index is 10.5. The molecule has 0 bridgehead atoms. The summed E-state index contributed by atoms with van der Waals surface area (Å²) in [6.45, 7) is 0.471. The first kappa shape index (κ1) is 12.1. The highest BCUT2D eigenvalue weighted by Crippen LogP contribution is 2.17. The molecule has 1 aromatic rings. The molecule has 17 heavy (non-hydrogen) atoms. The van der Waals surface area contributed by atoms with E-state index in [2.05, 4.69) is 20.9 Å². The van der Waals surface area contributed by atoms with Gasteiger partial charge >= 0.3 is 5.97 Å². The van der Waals surface area contributed by atoms with E-state index in [0.717, 1.165) is 10.0 Å². The van der Waals surface area contributed by atoms with Gasteiger partial charge in [-0.2, -0.15) is 0 Å². The monoisotopic (exact) mass is 297 g/mol. The summed E-state index contributed by atoms with van der Waals surface area (Å²) in [5, 5.41) is 8.59. The van der Waals surface area contributed by atoms with Crippen LogP contribution in [0.25, 0.3) is 0 Å². The fraction of sp³-hybridized carbons (Fsp3) is 0.333. The summed E-state index contributed by atoms with van der Waals surface area (Å²) in [5.74, 6) is -0.190. The smallest absolute Gasteiger partial charge is 0.303 e. The minimum atomic E-state index is -0.794. The van der Waals surface area contributed by atoms with Crippen LogP contribution in [0, 0.1) is 0 Å². The number of rotatable bonds is 4. The van der Waals surface area contributed by atoms with Gasteiger partial charge in [-0.05, 0) is 30.7 Å². The Balaban J connectivity index is 2.01. The molecule has 0 fully saturated rings. The summed E-state index contributed by atoms with van der Waals surface area (Å²) in [7, 11) is 0. The van der Waals surface area contributed by atoms with Crippen LogP contribution in [0.2, 0.25) is 0 Å². The van der Waals surface area contributed by atoms with Crippen molar-refractivity contribution in [3.05, 3.63) is 34.3 Å². The second-order valence-corrected chi connectivity index (χ2v) is 4.75. The Kier molecular flexibility index (Phi) is 3.78. The van der Waals surface area contributed by atoms with E-state index >= 15 is 0 Å². The van der Waals surface area contributed by atoms with Crippen LogP contribution in [0.5, 0.6) is 0 Å². The lowest BCUT2D eigenvalue weighted by atomic mass is 10.2. The maximum Gasteiger partial charge on any atom is 0.303 e. The van der Waals surface area contributed by atoms with E-state index in [1.807, 2.05) is 24.3 Å². The number of benzene rings is 1. The molecule has 0 saturated heterocycles. The van der Waals surface area contributed by atoms with Crippen molar-refractivity contribution in [2.24, 2.45) is 4.99 Å². The quantitative estimate of drug-likeness (QED) is 0.929. The van der Waals surface area contributed by atoms with Crippen LogP contribution in [0.1, 0.15) is 18.4 Å². The summed E-state index contributed by atoms with van der Waals surface area (Å²) in [6, 6.07) is 7.65. The van der Waals surface area contributed by atoms with Gasteiger partial charge in [-0.3, -0.25) is 4.79 Å². The molecule has 90 valence electrons. The highest BCUT2D eigenvalue weighted by atomic mass is 79.9. The van der Waals surface area contributed by atoms with Crippen molar-refractivity contribution in [2.45, 2.75) is 18.9 Å². The summed E-state index contributed by atoms with van der Waals surface area (Å²) in [5.41, 5.74) is 0.922. The molecule has 0 radical (unpaired) electrons. The normalized spacial score (nSPS) is 18.6. The molecule has 1 atom stereocenters. The van der Waals surface area contributed by atoms with Crippen molar-refractivity contribution in [3.8, 4) is 0 Å². The van der Waals surface area contributed by atoms with Gasteiger partial charge in [0.25, 0.3) is 0 Å². The molecule has 0 aliphatic carbocycles. The van der Waals surface area contributed by atoms with Crippen LogP contribution < -0.4 is 0 Å². The van der Waals surface area contributed by atoms with E-state index in [9.17, 15) is 4.79 Å². The van der Waals surface area contributed by atoms with E-state index in [1.165, 1.54) is 0 Å². The van der Waals surface area contributed by atoms with E-state index < -0.39 is 5.97 Å².